The van der Waals surface area contributed by atoms with Crippen molar-refractivity contribution in [3.63, 3.8) is 0 Å². The van der Waals surface area contributed by atoms with Gasteiger partial charge in [-0.1, -0.05) is 24.3 Å². The third-order valence-corrected chi connectivity index (χ3v) is 8.19. The number of rotatable bonds is 5. The van der Waals surface area contributed by atoms with Crippen LogP contribution in [0, 0.1) is 11.8 Å². The second-order valence-electron chi connectivity index (χ2n) is 10.3. The van der Waals surface area contributed by atoms with Gasteiger partial charge in [0.05, 0.1) is 29.7 Å². The molecule has 0 radical (unpaired) electrons. The van der Waals surface area contributed by atoms with Crippen LogP contribution in [0.1, 0.15) is 41.2 Å². The van der Waals surface area contributed by atoms with Gasteiger partial charge in [0.2, 0.25) is 0 Å². The number of piperidine rings is 3. The zero-order chi connectivity index (χ0) is 26.6. The summed E-state index contributed by atoms with van der Waals surface area (Å²) in [6.45, 7) is 4.93. The van der Waals surface area contributed by atoms with Crippen molar-refractivity contribution in [1.29, 1.82) is 0 Å². The van der Waals surface area contributed by atoms with Gasteiger partial charge in [-0.25, -0.2) is 0 Å². The molecule has 5 atom stereocenters. The van der Waals surface area contributed by atoms with E-state index in [9.17, 15) is 31.4 Å². The number of nitrogens with zero attached hydrogens (tertiary/aromatic N) is 2. The number of halogens is 6. The van der Waals surface area contributed by atoms with Gasteiger partial charge in [-0.05, 0) is 41.8 Å². The van der Waals surface area contributed by atoms with E-state index < -0.39 is 35.6 Å². The number of aliphatic hydroxyl groups is 1. The predicted octanol–water partition coefficient (Wildman–Crippen LogP) is 6.92. The Morgan fingerprint density at radius 2 is 1.70 bits per heavy atom. The summed E-state index contributed by atoms with van der Waals surface area (Å²) < 4.78 is 81.6. The molecule has 0 amide bonds. The predicted molar refractivity (Wildman–Crippen MR) is 127 cm³/mol. The van der Waals surface area contributed by atoms with Crippen LogP contribution in [0.3, 0.4) is 0 Å². The lowest BCUT2D eigenvalue weighted by Gasteiger charge is -2.58. The van der Waals surface area contributed by atoms with Gasteiger partial charge in [0, 0.05) is 35.9 Å². The normalized spacial score (nSPS) is 26.8. The number of fused-ring (bicyclic) bond motifs is 4. The molecule has 196 valence electrons. The van der Waals surface area contributed by atoms with Crippen LogP contribution in [-0.4, -0.2) is 33.7 Å². The first kappa shape index (κ1) is 25.7. The molecular weight excluding hydrogens is 494 g/mol. The van der Waals surface area contributed by atoms with Crippen molar-refractivity contribution in [2.24, 2.45) is 11.8 Å². The van der Waals surface area contributed by atoms with E-state index in [0.717, 1.165) is 23.9 Å². The van der Waals surface area contributed by atoms with E-state index in [4.69, 9.17) is 0 Å². The van der Waals surface area contributed by atoms with Crippen LogP contribution in [0.2, 0.25) is 0 Å². The summed E-state index contributed by atoms with van der Waals surface area (Å²) in [7, 11) is 0. The Hall–Kier alpha value is -2.91. The quantitative estimate of drug-likeness (QED) is 0.225. The molecule has 2 bridgehead atoms. The van der Waals surface area contributed by atoms with Crippen molar-refractivity contribution in [1.82, 2.24) is 4.98 Å². The fourth-order valence-corrected chi connectivity index (χ4v) is 6.44. The molecule has 3 nitrogen and oxygen atoms in total. The minimum Gasteiger partial charge on any atom is -0.382 e. The highest BCUT2D eigenvalue weighted by atomic mass is 19.4. The zero-order valence-corrected chi connectivity index (χ0v) is 19.9. The highest BCUT2D eigenvalue weighted by Crippen LogP contribution is 2.48. The van der Waals surface area contributed by atoms with Gasteiger partial charge in [0.15, 0.2) is 0 Å². The first-order valence-electron chi connectivity index (χ1n) is 12.2. The minimum atomic E-state index is -4.91. The number of hydrogen-bond donors (Lipinski definition) is 1. The smallest absolute Gasteiger partial charge is 0.382 e. The number of para-hydroxylation sites is 1. The van der Waals surface area contributed by atoms with Gasteiger partial charge in [-0.3, -0.25) is 4.98 Å². The first-order valence-corrected chi connectivity index (χ1v) is 12.2. The summed E-state index contributed by atoms with van der Waals surface area (Å²) >= 11 is 0. The maximum absolute atomic E-state index is 13.6. The molecule has 1 N–H and O–H groups in total. The van der Waals surface area contributed by atoms with E-state index in [2.05, 4.69) is 11.6 Å². The van der Waals surface area contributed by atoms with Gasteiger partial charge < -0.3 is 9.59 Å². The molecule has 1 aromatic heterocycles. The van der Waals surface area contributed by atoms with Crippen molar-refractivity contribution in [3.8, 4) is 0 Å². The lowest BCUT2D eigenvalue weighted by atomic mass is 9.71. The third kappa shape index (κ3) is 4.75. The Balaban J connectivity index is 1.59. The maximum Gasteiger partial charge on any atom is 0.416 e. The molecule has 0 spiro atoms. The largest absolute Gasteiger partial charge is 0.416 e. The number of benzene rings is 2. The van der Waals surface area contributed by atoms with Crippen molar-refractivity contribution in [3.05, 3.63) is 89.6 Å². The Morgan fingerprint density at radius 3 is 2.35 bits per heavy atom. The molecule has 3 fully saturated rings. The second kappa shape index (κ2) is 9.13. The van der Waals surface area contributed by atoms with Gasteiger partial charge >= 0.3 is 12.4 Å². The summed E-state index contributed by atoms with van der Waals surface area (Å²) in [5.41, 5.74) is -1.31. The third-order valence-electron chi connectivity index (χ3n) is 8.19. The fraction of sp³-hybridized carbons (Fsp3) is 0.393. The number of aliphatic hydroxyl groups excluding tert-OH is 1. The van der Waals surface area contributed by atoms with Crippen LogP contribution in [0.4, 0.5) is 26.3 Å². The topological polar surface area (TPSA) is 33.1 Å². The lowest BCUT2D eigenvalue weighted by Crippen LogP contribution is -2.67. The molecule has 9 heteroatoms. The molecule has 0 saturated carbocycles. The molecule has 3 aliphatic rings. The van der Waals surface area contributed by atoms with Crippen LogP contribution in [0.25, 0.3) is 10.9 Å². The van der Waals surface area contributed by atoms with Crippen molar-refractivity contribution in [2.75, 3.05) is 13.1 Å². The van der Waals surface area contributed by atoms with Crippen LogP contribution in [0.5, 0.6) is 0 Å². The van der Waals surface area contributed by atoms with E-state index in [1.165, 1.54) is 0 Å². The van der Waals surface area contributed by atoms with E-state index in [1.807, 2.05) is 30.3 Å². The molecule has 3 saturated heterocycles. The highest BCUT2D eigenvalue weighted by Gasteiger charge is 2.54. The Kier molecular flexibility index (Phi) is 6.35. The average molecular weight is 522 g/mol. The minimum absolute atomic E-state index is 0.0397. The molecule has 4 heterocycles. The number of hydrogen-bond acceptors (Lipinski definition) is 2. The highest BCUT2D eigenvalue weighted by molar-refractivity contribution is 5.82. The van der Waals surface area contributed by atoms with Crippen LogP contribution in [0.15, 0.2) is 67.4 Å². The van der Waals surface area contributed by atoms with Gasteiger partial charge in [0.25, 0.3) is 0 Å². The molecule has 3 aromatic rings. The monoisotopic (exact) mass is 521 g/mol. The number of quaternary nitrogens is 1. The van der Waals surface area contributed by atoms with E-state index in [1.54, 1.807) is 12.3 Å². The van der Waals surface area contributed by atoms with Crippen molar-refractivity contribution < 1.29 is 35.9 Å². The zero-order valence-electron chi connectivity index (χ0n) is 19.9. The summed E-state index contributed by atoms with van der Waals surface area (Å²) in [5, 5.41) is 12.5. The van der Waals surface area contributed by atoms with Crippen LogP contribution < -0.4 is 0 Å². The van der Waals surface area contributed by atoms with Crippen LogP contribution >= 0.6 is 0 Å². The molecule has 1 unspecified atom stereocenters. The number of alkyl halides is 6. The summed E-state index contributed by atoms with van der Waals surface area (Å²) in [6.07, 6.45) is -5.99. The van der Waals surface area contributed by atoms with Gasteiger partial charge in [-0.15, -0.1) is 6.58 Å². The summed E-state index contributed by atoms with van der Waals surface area (Å²) in [6, 6.07) is 10.5. The van der Waals surface area contributed by atoms with Crippen molar-refractivity contribution in [2.45, 2.75) is 43.9 Å². The molecular formula is C28H27F6N2O+. The van der Waals surface area contributed by atoms with Crippen molar-refractivity contribution >= 4 is 10.9 Å². The van der Waals surface area contributed by atoms with E-state index in [-0.39, 0.29) is 34.5 Å². The summed E-state index contributed by atoms with van der Waals surface area (Å²) in [4.78, 5) is 4.35. The molecule has 3 aliphatic heterocycles. The molecule has 2 aromatic carbocycles. The Labute approximate surface area is 210 Å². The second-order valence-corrected chi connectivity index (χ2v) is 10.3. The van der Waals surface area contributed by atoms with Crippen LogP contribution in [-0.2, 0) is 18.9 Å². The van der Waals surface area contributed by atoms with Gasteiger partial charge in [0.1, 0.15) is 18.7 Å². The fourth-order valence-electron chi connectivity index (χ4n) is 6.44. The SMILES string of the molecule is C=C[C@H]1C[N+]2(Cc3cc(C(F)(F)F)cc(C(F)(F)F)c3)CC[C@H]1C[C@@H]2[C@H](O)c1ccnc2ccccc12. The maximum atomic E-state index is 13.6. The molecule has 37 heavy (non-hydrogen) atoms. The average Bonchev–Trinajstić information content (AvgIpc) is 2.86. The molecule has 6 rings (SSSR count). The van der Waals surface area contributed by atoms with E-state index >= 15 is 0 Å². The van der Waals surface area contributed by atoms with E-state index in [0.29, 0.717) is 30.6 Å². The number of aromatic nitrogens is 1. The number of pyridine rings is 1. The lowest BCUT2D eigenvalue weighted by molar-refractivity contribution is -0.984. The Morgan fingerprint density at radius 1 is 1.03 bits per heavy atom. The molecule has 0 aliphatic carbocycles. The summed E-state index contributed by atoms with van der Waals surface area (Å²) in [5.74, 6) is 0.316. The first-order chi connectivity index (χ1) is 17.4. The Bertz CT molecular complexity index is 1280. The van der Waals surface area contributed by atoms with Gasteiger partial charge in [-0.2, -0.15) is 26.3 Å². The standard InChI is InChI=1S/C28H27F6N2O/c1-2-18-16-36(15-17-11-20(27(29,30)31)14-21(12-17)28(32,33)34)10-8-19(18)13-25(36)26(37)23-7-9-35-24-6-4-3-5-22(23)24/h2-7,9,11-12,14,18-19,25-26,37H,1,8,10,13,15-16H2/q+1/t18-,19-,25+,26+,36?/m0/s1.